The van der Waals surface area contributed by atoms with Crippen LogP contribution in [0.3, 0.4) is 0 Å². The normalized spacial score (nSPS) is 14.0. The van der Waals surface area contributed by atoms with E-state index in [-0.39, 0.29) is 5.41 Å². The molecule has 1 unspecified atom stereocenters. The lowest BCUT2D eigenvalue weighted by molar-refractivity contribution is 0.714. The van der Waals surface area contributed by atoms with Crippen LogP contribution in [0.4, 0.5) is 17.1 Å². The third-order valence-electron chi connectivity index (χ3n) is 13.8. The highest BCUT2D eigenvalue weighted by Gasteiger charge is 2.41. The fraction of sp³-hybridized carbons (Fsp3) is 0.0312. The summed E-state index contributed by atoms with van der Waals surface area (Å²) >= 11 is 0. The van der Waals surface area contributed by atoms with Gasteiger partial charge in [-0.3, -0.25) is 0 Å². The molecule has 11 aromatic rings. The van der Waals surface area contributed by atoms with Gasteiger partial charge in [-0.05, 0) is 143 Å². The maximum Gasteiger partial charge on any atom is 0.0468 e. The van der Waals surface area contributed by atoms with Crippen molar-refractivity contribution in [3.8, 4) is 55.6 Å². The summed E-state index contributed by atoms with van der Waals surface area (Å²) in [7, 11) is 0. The van der Waals surface area contributed by atoms with Crippen LogP contribution in [0, 0.1) is 0 Å². The molecular formula is C64H45N. The molecule has 1 atom stereocenters. The van der Waals surface area contributed by atoms with Gasteiger partial charge in [0.2, 0.25) is 0 Å². The zero-order valence-corrected chi connectivity index (χ0v) is 36.2. The summed E-state index contributed by atoms with van der Waals surface area (Å²) in [6.45, 7) is 2.39. The van der Waals surface area contributed by atoms with Gasteiger partial charge >= 0.3 is 0 Å². The molecule has 1 nitrogen and oxygen atoms in total. The first-order chi connectivity index (χ1) is 32.1. The molecule has 1 aliphatic carbocycles. The first kappa shape index (κ1) is 38.4. The third kappa shape index (κ3) is 6.64. The Balaban J connectivity index is 0.928. The number of nitrogens with zero attached hydrogens (tertiary/aromatic N) is 1. The summed E-state index contributed by atoms with van der Waals surface area (Å²) in [6.07, 6.45) is 0. The second kappa shape index (κ2) is 15.8. The molecule has 11 aromatic carbocycles. The predicted octanol–water partition coefficient (Wildman–Crippen LogP) is 17.5. The van der Waals surface area contributed by atoms with Gasteiger partial charge in [0.1, 0.15) is 0 Å². The van der Waals surface area contributed by atoms with Gasteiger partial charge in [0.15, 0.2) is 0 Å². The number of hydrogen-bond acceptors (Lipinski definition) is 1. The highest BCUT2D eigenvalue weighted by molar-refractivity contribution is 5.99. The van der Waals surface area contributed by atoms with Crippen molar-refractivity contribution in [2.75, 3.05) is 4.90 Å². The van der Waals surface area contributed by atoms with E-state index in [1.54, 1.807) is 0 Å². The van der Waals surface area contributed by atoms with Crippen LogP contribution in [-0.4, -0.2) is 0 Å². The Bertz CT molecular complexity index is 3510. The second-order valence-electron chi connectivity index (χ2n) is 17.4. The molecule has 306 valence electrons. The molecule has 0 aromatic heterocycles. The van der Waals surface area contributed by atoms with Gasteiger partial charge in [-0.25, -0.2) is 0 Å². The van der Waals surface area contributed by atoms with Crippen molar-refractivity contribution in [1.82, 2.24) is 0 Å². The first-order valence-corrected chi connectivity index (χ1v) is 22.6. The topological polar surface area (TPSA) is 3.24 Å². The first-order valence-electron chi connectivity index (χ1n) is 22.6. The highest BCUT2D eigenvalue weighted by Crippen LogP contribution is 2.55. The molecule has 0 saturated carbocycles. The Morgan fingerprint density at radius 1 is 0.292 bits per heavy atom. The molecule has 65 heavy (non-hydrogen) atoms. The lowest BCUT2D eigenvalue weighted by Gasteiger charge is -2.28. The highest BCUT2D eigenvalue weighted by atomic mass is 15.1. The van der Waals surface area contributed by atoms with Gasteiger partial charge in [0.05, 0.1) is 0 Å². The molecule has 0 amide bonds. The molecule has 0 saturated heterocycles. The van der Waals surface area contributed by atoms with Crippen LogP contribution < -0.4 is 4.90 Å². The van der Waals surface area contributed by atoms with Crippen molar-refractivity contribution in [1.29, 1.82) is 0 Å². The van der Waals surface area contributed by atoms with Gasteiger partial charge in [0.25, 0.3) is 0 Å². The van der Waals surface area contributed by atoms with E-state index in [0.717, 1.165) is 17.1 Å². The number of benzene rings is 11. The summed E-state index contributed by atoms with van der Waals surface area (Å²) in [5.41, 5.74) is 19.5. The van der Waals surface area contributed by atoms with Gasteiger partial charge in [0, 0.05) is 22.5 Å². The molecular weight excluding hydrogens is 783 g/mol. The van der Waals surface area contributed by atoms with Crippen molar-refractivity contribution in [2.45, 2.75) is 12.3 Å². The van der Waals surface area contributed by atoms with Gasteiger partial charge < -0.3 is 4.90 Å². The van der Waals surface area contributed by atoms with Crippen molar-refractivity contribution < 1.29 is 0 Å². The van der Waals surface area contributed by atoms with Crippen molar-refractivity contribution in [2.24, 2.45) is 0 Å². The molecule has 12 rings (SSSR count). The SMILES string of the molecule is CC1(c2ccccc2)c2ccccc2-c2c(-c3ccc4cc(N(c5ccc(-c6ccc(-c7ccccc7)cc6)cc5)c5ccc(-c6cccc7ccccc67)cc5)ccc4c3)cccc21. The molecule has 1 heteroatoms. The van der Waals surface area contributed by atoms with Crippen LogP contribution in [0.2, 0.25) is 0 Å². The standard InChI is InChI=1S/C64H45N/c1-64(53-18-6-3-7-19-53)61-24-11-10-21-60(61)63-59(23-13-25-62(63)64)52-31-30-51-43-56(41-36-50(51)42-52)65(55-39-34-49(35-40-55)58-22-12-17-48-16-8-9-20-57(48)58)54-37-32-47(33-38-54)46-28-26-45(27-29-46)44-14-4-2-5-15-44/h2-43H,1H3. The van der Waals surface area contributed by atoms with Crippen molar-refractivity contribution in [3.05, 3.63) is 271 Å². The average Bonchev–Trinajstić information content (AvgIpc) is 3.65. The number of fused-ring (bicyclic) bond motifs is 5. The van der Waals surface area contributed by atoms with Gasteiger partial charge in [-0.15, -0.1) is 0 Å². The summed E-state index contributed by atoms with van der Waals surface area (Å²) in [4.78, 5) is 2.38. The van der Waals surface area contributed by atoms with Crippen LogP contribution in [0.5, 0.6) is 0 Å². The van der Waals surface area contributed by atoms with E-state index in [1.165, 1.54) is 93.9 Å². The molecule has 0 fully saturated rings. The lowest BCUT2D eigenvalue weighted by Crippen LogP contribution is -2.22. The predicted molar refractivity (Wildman–Crippen MR) is 275 cm³/mol. The number of anilines is 3. The smallest absolute Gasteiger partial charge is 0.0468 e. The quantitative estimate of drug-likeness (QED) is 0.147. The minimum atomic E-state index is -0.239. The Labute approximate surface area is 381 Å². The van der Waals surface area contributed by atoms with Crippen LogP contribution in [0.25, 0.3) is 77.2 Å². The van der Waals surface area contributed by atoms with Gasteiger partial charge in [-0.1, -0.05) is 212 Å². The van der Waals surface area contributed by atoms with Crippen LogP contribution in [0.1, 0.15) is 23.6 Å². The van der Waals surface area contributed by atoms with Crippen molar-refractivity contribution >= 4 is 38.6 Å². The third-order valence-corrected chi connectivity index (χ3v) is 13.8. The Hall–Kier alpha value is -8.26. The molecule has 0 radical (unpaired) electrons. The molecule has 0 bridgehead atoms. The zero-order chi connectivity index (χ0) is 43.3. The summed E-state index contributed by atoms with van der Waals surface area (Å²) in [5, 5.41) is 4.91. The zero-order valence-electron chi connectivity index (χ0n) is 36.2. The molecule has 0 aliphatic heterocycles. The van der Waals surface area contributed by atoms with Crippen LogP contribution in [0.15, 0.2) is 255 Å². The minimum Gasteiger partial charge on any atom is -0.310 e. The number of hydrogen-bond donors (Lipinski definition) is 0. The summed E-state index contributed by atoms with van der Waals surface area (Å²) < 4.78 is 0. The van der Waals surface area contributed by atoms with Gasteiger partial charge in [-0.2, -0.15) is 0 Å². The minimum absolute atomic E-state index is 0.239. The van der Waals surface area contributed by atoms with Crippen LogP contribution >= 0.6 is 0 Å². The van der Waals surface area contributed by atoms with E-state index in [4.69, 9.17) is 0 Å². The van der Waals surface area contributed by atoms with E-state index in [1.807, 2.05) is 0 Å². The van der Waals surface area contributed by atoms with E-state index in [2.05, 4.69) is 267 Å². The fourth-order valence-corrected chi connectivity index (χ4v) is 10.4. The van der Waals surface area contributed by atoms with E-state index < -0.39 is 0 Å². The number of rotatable bonds is 8. The summed E-state index contributed by atoms with van der Waals surface area (Å²) in [6, 6.07) is 93.4. The van der Waals surface area contributed by atoms with Crippen molar-refractivity contribution in [3.63, 3.8) is 0 Å². The fourth-order valence-electron chi connectivity index (χ4n) is 10.4. The molecule has 0 heterocycles. The monoisotopic (exact) mass is 827 g/mol. The van der Waals surface area contributed by atoms with Crippen LogP contribution in [-0.2, 0) is 5.41 Å². The molecule has 0 N–H and O–H groups in total. The largest absolute Gasteiger partial charge is 0.310 e. The Kier molecular flexibility index (Phi) is 9.35. The second-order valence-corrected chi connectivity index (χ2v) is 17.4. The Morgan fingerprint density at radius 3 is 1.51 bits per heavy atom. The molecule has 0 spiro atoms. The summed E-state index contributed by atoms with van der Waals surface area (Å²) in [5.74, 6) is 0. The maximum absolute atomic E-state index is 2.39. The van der Waals surface area contributed by atoms with E-state index in [0.29, 0.717) is 0 Å². The van der Waals surface area contributed by atoms with E-state index in [9.17, 15) is 0 Å². The molecule has 1 aliphatic rings. The van der Waals surface area contributed by atoms with E-state index >= 15 is 0 Å². The maximum atomic E-state index is 2.39. The Morgan fingerprint density at radius 2 is 0.769 bits per heavy atom. The average molecular weight is 828 g/mol. The lowest BCUT2D eigenvalue weighted by atomic mass is 9.74.